The Morgan fingerprint density at radius 1 is 1.06 bits per heavy atom. The van der Waals surface area contributed by atoms with E-state index in [0.29, 0.717) is 0 Å². The average molecular weight is 213 g/mol. The van der Waals surface area contributed by atoms with Crippen molar-refractivity contribution in [2.75, 3.05) is 0 Å². The predicted molar refractivity (Wildman–Crippen MR) is 65.7 cm³/mol. The van der Waals surface area contributed by atoms with Crippen LogP contribution in [0.4, 0.5) is 0 Å². The van der Waals surface area contributed by atoms with Gasteiger partial charge in [-0.2, -0.15) is 0 Å². The second-order valence-electron chi connectivity index (χ2n) is 4.05. The van der Waals surface area contributed by atoms with E-state index in [2.05, 4.69) is 4.98 Å². The van der Waals surface area contributed by atoms with Crippen molar-refractivity contribution in [3.63, 3.8) is 0 Å². The van der Waals surface area contributed by atoms with E-state index in [9.17, 15) is 4.79 Å². The fourth-order valence-corrected chi connectivity index (χ4v) is 2.19. The number of benzene rings is 1. The number of ketones is 1. The van der Waals surface area contributed by atoms with Gasteiger partial charge in [0.25, 0.3) is 0 Å². The van der Waals surface area contributed by atoms with E-state index in [1.165, 1.54) is 0 Å². The molecule has 0 unspecified atom stereocenters. The zero-order chi connectivity index (χ0) is 11.7. The van der Waals surface area contributed by atoms with Gasteiger partial charge < -0.3 is 4.98 Å². The molecule has 0 saturated heterocycles. The quantitative estimate of drug-likeness (QED) is 0.761. The van der Waals surface area contributed by atoms with E-state index >= 15 is 0 Å². The van der Waals surface area contributed by atoms with Gasteiger partial charge in [0.05, 0.1) is 0 Å². The number of Topliss-reactive ketones (excluding diaryl/α,β-unsaturated/α-hetero) is 1. The Labute approximate surface area is 95.3 Å². The number of aromatic nitrogens is 1. The molecule has 16 heavy (non-hydrogen) atoms. The van der Waals surface area contributed by atoms with Crippen molar-refractivity contribution in [3.05, 3.63) is 47.3 Å². The molecule has 2 nitrogen and oxygen atoms in total. The normalized spacial score (nSPS) is 10.4. The highest BCUT2D eigenvalue weighted by Crippen LogP contribution is 2.29. The molecule has 0 fully saturated rings. The summed E-state index contributed by atoms with van der Waals surface area (Å²) in [6.45, 7) is 5.56. The third-order valence-electron chi connectivity index (χ3n) is 2.79. The van der Waals surface area contributed by atoms with Crippen molar-refractivity contribution in [1.82, 2.24) is 4.98 Å². The SMILES string of the molecule is CC(=O)c1c(C)[nH]c(C)c1-c1ccccc1. The molecule has 0 amide bonds. The summed E-state index contributed by atoms with van der Waals surface area (Å²) in [7, 11) is 0. The smallest absolute Gasteiger partial charge is 0.162 e. The molecule has 0 spiro atoms. The van der Waals surface area contributed by atoms with Crippen LogP contribution in [-0.4, -0.2) is 10.8 Å². The molecule has 1 aromatic heterocycles. The number of aromatic amines is 1. The first-order chi connectivity index (χ1) is 7.61. The Morgan fingerprint density at radius 3 is 2.25 bits per heavy atom. The van der Waals surface area contributed by atoms with Crippen LogP contribution in [-0.2, 0) is 0 Å². The van der Waals surface area contributed by atoms with Gasteiger partial charge in [0.2, 0.25) is 0 Å². The summed E-state index contributed by atoms with van der Waals surface area (Å²) in [6, 6.07) is 10.0. The van der Waals surface area contributed by atoms with Crippen LogP contribution in [0.3, 0.4) is 0 Å². The topological polar surface area (TPSA) is 32.9 Å². The standard InChI is InChI=1S/C14H15NO/c1-9-13(11(3)16)14(10(2)15-9)12-7-5-4-6-8-12/h4-8,15H,1-3H3. The van der Waals surface area contributed by atoms with Gasteiger partial charge in [0.15, 0.2) is 5.78 Å². The monoisotopic (exact) mass is 213 g/mol. The Morgan fingerprint density at radius 2 is 1.69 bits per heavy atom. The van der Waals surface area contributed by atoms with Crippen molar-refractivity contribution in [1.29, 1.82) is 0 Å². The average Bonchev–Trinajstić information content (AvgIpc) is 2.55. The fraction of sp³-hybridized carbons (Fsp3) is 0.214. The van der Waals surface area contributed by atoms with Gasteiger partial charge in [-0.1, -0.05) is 30.3 Å². The molecule has 0 radical (unpaired) electrons. The van der Waals surface area contributed by atoms with Gasteiger partial charge in [-0.05, 0) is 26.3 Å². The zero-order valence-electron chi connectivity index (χ0n) is 9.79. The molecular weight excluding hydrogens is 198 g/mol. The summed E-state index contributed by atoms with van der Waals surface area (Å²) in [5, 5.41) is 0. The highest BCUT2D eigenvalue weighted by Gasteiger charge is 2.16. The van der Waals surface area contributed by atoms with Crippen LogP contribution in [0.25, 0.3) is 11.1 Å². The van der Waals surface area contributed by atoms with Gasteiger partial charge in [-0.3, -0.25) is 4.79 Å². The molecule has 1 aromatic carbocycles. The molecule has 2 aromatic rings. The minimum Gasteiger partial charge on any atom is -0.362 e. The maximum Gasteiger partial charge on any atom is 0.162 e. The highest BCUT2D eigenvalue weighted by atomic mass is 16.1. The second-order valence-corrected chi connectivity index (χ2v) is 4.05. The minimum absolute atomic E-state index is 0.112. The molecule has 0 bridgehead atoms. The van der Waals surface area contributed by atoms with E-state index in [4.69, 9.17) is 0 Å². The number of H-pyrrole nitrogens is 1. The highest BCUT2D eigenvalue weighted by molar-refractivity contribution is 6.02. The van der Waals surface area contributed by atoms with Gasteiger partial charge >= 0.3 is 0 Å². The van der Waals surface area contributed by atoms with E-state index in [1.54, 1.807) is 6.92 Å². The first-order valence-corrected chi connectivity index (χ1v) is 5.36. The summed E-state index contributed by atoms with van der Waals surface area (Å²) in [5.41, 5.74) is 4.93. The third kappa shape index (κ3) is 1.67. The van der Waals surface area contributed by atoms with E-state index in [0.717, 1.165) is 28.1 Å². The van der Waals surface area contributed by atoms with Crippen molar-refractivity contribution in [2.24, 2.45) is 0 Å². The van der Waals surface area contributed by atoms with Crippen LogP contribution in [0.2, 0.25) is 0 Å². The van der Waals surface area contributed by atoms with Gasteiger partial charge in [-0.15, -0.1) is 0 Å². The van der Waals surface area contributed by atoms with Crippen LogP contribution in [0.5, 0.6) is 0 Å². The first-order valence-electron chi connectivity index (χ1n) is 5.36. The molecule has 0 aliphatic heterocycles. The largest absolute Gasteiger partial charge is 0.362 e. The van der Waals surface area contributed by atoms with Crippen molar-refractivity contribution < 1.29 is 4.79 Å². The second kappa shape index (κ2) is 3.97. The zero-order valence-corrected chi connectivity index (χ0v) is 9.79. The number of hydrogen-bond donors (Lipinski definition) is 1. The van der Waals surface area contributed by atoms with E-state index < -0.39 is 0 Å². The molecule has 1 heterocycles. The number of carbonyl (C=O) groups excluding carboxylic acids is 1. The molecule has 2 heteroatoms. The van der Waals surface area contributed by atoms with Gasteiger partial charge in [-0.25, -0.2) is 0 Å². The van der Waals surface area contributed by atoms with Crippen molar-refractivity contribution in [2.45, 2.75) is 20.8 Å². The van der Waals surface area contributed by atoms with Gasteiger partial charge in [0.1, 0.15) is 0 Å². The molecule has 82 valence electrons. The molecular formula is C14H15NO. The number of rotatable bonds is 2. The van der Waals surface area contributed by atoms with E-state index in [1.807, 2.05) is 44.2 Å². The van der Waals surface area contributed by atoms with Crippen LogP contribution < -0.4 is 0 Å². The van der Waals surface area contributed by atoms with Crippen LogP contribution in [0.15, 0.2) is 30.3 Å². The summed E-state index contributed by atoms with van der Waals surface area (Å²) in [6.07, 6.45) is 0. The van der Waals surface area contributed by atoms with Crippen molar-refractivity contribution >= 4 is 5.78 Å². The summed E-state index contributed by atoms with van der Waals surface area (Å²) in [4.78, 5) is 14.9. The summed E-state index contributed by atoms with van der Waals surface area (Å²) in [5.74, 6) is 0.112. The van der Waals surface area contributed by atoms with E-state index in [-0.39, 0.29) is 5.78 Å². The van der Waals surface area contributed by atoms with Crippen molar-refractivity contribution in [3.8, 4) is 11.1 Å². The van der Waals surface area contributed by atoms with Crippen LogP contribution in [0, 0.1) is 13.8 Å². The lowest BCUT2D eigenvalue weighted by Crippen LogP contribution is -1.95. The molecule has 0 aliphatic rings. The molecule has 2 rings (SSSR count). The Bertz CT molecular complexity index is 523. The lowest BCUT2D eigenvalue weighted by atomic mass is 9.98. The maximum atomic E-state index is 11.7. The molecule has 1 N–H and O–H groups in total. The molecule has 0 atom stereocenters. The van der Waals surface area contributed by atoms with Crippen LogP contribution in [0.1, 0.15) is 28.7 Å². The Balaban J connectivity index is 2.69. The number of aryl methyl sites for hydroxylation is 2. The minimum atomic E-state index is 0.112. The van der Waals surface area contributed by atoms with Gasteiger partial charge in [0, 0.05) is 22.5 Å². The Kier molecular flexibility index (Phi) is 2.65. The molecule has 0 aliphatic carbocycles. The Hall–Kier alpha value is -1.83. The lowest BCUT2D eigenvalue weighted by molar-refractivity contribution is 0.101. The predicted octanol–water partition coefficient (Wildman–Crippen LogP) is 3.50. The number of carbonyl (C=O) groups is 1. The summed E-state index contributed by atoms with van der Waals surface area (Å²) < 4.78 is 0. The number of nitrogens with one attached hydrogen (secondary N) is 1. The maximum absolute atomic E-state index is 11.7. The molecule has 0 saturated carbocycles. The first kappa shape index (κ1) is 10.7. The number of hydrogen-bond acceptors (Lipinski definition) is 1. The van der Waals surface area contributed by atoms with Crippen LogP contribution >= 0.6 is 0 Å². The summed E-state index contributed by atoms with van der Waals surface area (Å²) >= 11 is 0. The lowest BCUT2D eigenvalue weighted by Gasteiger charge is -2.03. The third-order valence-corrected chi connectivity index (χ3v) is 2.79. The fourth-order valence-electron chi connectivity index (χ4n) is 2.19.